The Hall–Kier alpha value is -2.59. The van der Waals surface area contributed by atoms with Gasteiger partial charge >= 0.3 is 5.97 Å². The van der Waals surface area contributed by atoms with E-state index in [2.05, 4.69) is 5.32 Å². The van der Waals surface area contributed by atoms with Crippen LogP contribution >= 0.6 is 0 Å². The van der Waals surface area contributed by atoms with Gasteiger partial charge in [-0.3, -0.25) is 0 Å². The molecular weight excluding hydrogens is 350 g/mol. The molecule has 0 amide bonds. The normalized spacial score (nSPS) is 13.1. The van der Waals surface area contributed by atoms with Crippen molar-refractivity contribution >= 4 is 5.97 Å². The quantitative estimate of drug-likeness (QED) is 0.657. The van der Waals surface area contributed by atoms with Gasteiger partial charge in [0.1, 0.15) is 5.60 Å². The van der Waals surface area contributed by atoms with E-state index >= 15 is 0 Å². The van der Waals surface area contributed by atoms with Gasteiger partial charge in [0.2, 0.25) is 0 Å². The maximum atomic E-state index is 12.6. The lowest BCUT2D eigenvalue weighted by molar-refractivity contribution is 0.00704. The second-order valence-electron chi connectivity index (χ2n) is 7.84. The summed E-state index contributed by atoms with van der Waals surface area (Å²) in [4.78, 5) is 12.6. The van der Waals surface area contributed by atoms with Crippen molar-refractivity contribution in [2.45, 2.75) is 59.3 Å². The molecule has 0 aliphatic carbocycles. The highest BCUT2D eigenvalue weighted by molar-refractivity contribution is 5.97. The molecule has 28 heavy (non-hydrogen) atoms. The van der Waals surface area contributed by atoms with Crippen molar-refractivity contribution in [3.63, 3.8) is 0 Å². The number of carbonyl (C=O) groups excluding carboxylic acids is 1. The summed E-state index contributed by atoms with van der Waals surface area (Å²) in [7, 11) is 0. The van der Waals surface area contributed by atoms with Gasteiger partial charge in [-0.25, -0.2) is 4.79 Å². The van der Waals surface area contributed by atoms with Crippen LogP contribution in [0, 0.1) is 0 Å². The number of aliphatic hydroxyl groups excluding tert-OH is 1. The van der Waals surface area contributed by atoms with Crippen molar-refractivity contribution in [2.75, 3.05) is 0 Å². The maximum absolute atomic E-state index is 12.6. The third-order valence-corrected chi connectivity index (χ3v) is 4.18. The minimum atomic E-state index is -0.534. The van der Waals surface area contributed by atoms with Crippen LogP contribution in [0.25, 0.3) is 11.1 Å². The van der Waals surface area contributed by atoms with Gasteiger partial charge in [0.25, 0.3) is 0 Å². The minimum Gasteiger partial charge on any atom is -0.456 e. The molecule has 0 saturated heterocycles. The van der Waals surface area contributed by atoms with Crippen molar-refractivity contribution < 1.29 is 14.6 Å². The third-order valence-electron chi connectivity index (χ3n) is 4.18. The van der Waals surface area contributed by atoms with E-state index in [-0.39, 0.29) is 5.97 Å². The van der Waals surface area contributed by atoms with Crippen molar-refractivity contribution in [3.8, 4) is 11.1 Å². The van der Waals surface area contributed by atoms with E-state index in [1.54, 1.807) is 13.0 Å². The summed E-state index contributed by atoms with van der Waals surface area (Å²) in [5.74, 6) is -0.319. The Balaban J connectivity index is 2.18. The Kier molecular flexibility index (Phi) is 7.41. The first kappa shape index (κ1) is 21.7. The molecule has 150 valence electrons. The maximum Gasteiger partial charge on any atom is 0.339 e. The van der Waals surface area contributed by atoms with Gasteiger partial charge in [-0.05, 0) is 56.9 Å². The van der Waals surface area contributed by atoms with Gasteiger partial charge in [0.05, 0.1) is 11.7 Å². The highest BCUT2D eigenvalue weighted by atomic mass is 16.6. The molecule has 0 aliphatic rings. The van der Waals surface area contributed by atoms with Crippen LogP contribution in [0.15, 0.2) is 60.3 Å². The van der Waals surface area contributed by atoms with Crippen LogP contribution in [0.3, 0.4) is 0 Å². The second kappa shape index (κ2) is 9.56. The number of esters is 1. The molecule has 0 bridgehead atoms. The van der Waals surface area contributed by atoms with Crippen LogP contribution in [-0.4, -0.2) is 22.8 Å². The largest absolute Gasteiger partial charge is 0.456 e. The van der Waals surface area contributed by atoms with Gasteiger partial charge in [0.15, 0.2) is 0 Å². The lowest BCUT2D eigenvalue weighted by Gasteiger charge is -2.20. The van der Waals surface area contributed by atoms with Crippen molar-refractivity contribution in [3.05, 3.63) is 71.4 Å². The Bertz CT molecular complexity index is 814. The standard InChI is InChI=1S/C24H31NO3/c1-6-9-22(17(2)26)25-16-18-12-14-19(15-13-18)20-10-7-8-11-21(20)23(27)28-24(3,4)5/h7-15,17,25-26H,6,16H2,1-5H3/b22-9+. The lowest BCUT2D eigenvalue weighted by Crippen LogP contribution is -2.24. The summed E-state index contributed by atoms with van der Waals surface area (Å²) in [6, 6.07) is 15.6. The zero-order chi connectivity index (χ0) is 20.7. The summed E-state index contributed by atoms with van der Waals surface area (Å²) in [6.07, 6.45) is 2.35. The molecule has 0 fully saturated rings. The van der Waals surface area contributed by atoms with E-state index in [0.717, 1.165) is 28.8 Å². The number of hydrogen-bond donors (Lipinski definition) is 2. The van der Waals surface area contributed by atoms with Crippen LogP contribution in [-0.2, 0) is 11.3 Å². The Morgan fingerprint density at radius 2 is 1.79 bits per heavy atom. The summed E-state index contributed by atoms with van der Waals surface area (Å²) in [5.41, 5.74) is 3.78. The molecule has 1 unspecified atom stereocenters. The fraction of sp³-hybridized carbons (Fsp3) is 0.375. The van der Waals surface area contributed by atoms with E-state index < -0.39 is 11.7 Å². The molecule has 0 heterocycles. The van der Waals surface area contributed by atoms with Gasteiger partial charge in [0, 0.05) is 12.2 Å². The van der Waals surface area contributed by atoms with Gasteiger partial charge in [-0.2, -0.15) is 0 Å². The van der Waals surface area contributed by atoms with Crippen molar-refractivity contribution in [1.29, 1.82) is 0 Å². The SMILES string of the molecule is CC/C=C(/NCc1ccc(-c2ccccc2C(=O)OC(C)(C)C)cc1)C(C)O. The van der Waals surface area contributed by atoms with E-state index in [1.165, 1.54) is 0 Å². The number of aliphatic hydroxyl groups is 1. The Morgan fingerprint density at radius 1 is 1.14 bits per heavy atom. The van der Waals surface area contributed by atoms with E-state index in [1.807, 2.05) is 76.2 Å². The fourth-order valence-electron chi connectivity index (χ4n) is 2.86. The molecule has 0 saturated carbocycles. The molecular formula is C24H31NO3. The highest BCUT2D eigenvalue weighted by Gasteiger charge is 2.20. The number of nitrogens with one attached hydrogen (secondary N) is 1. The summed E-state index contributed by atoms with van der Waals surface area (Å²) >= 11 is 0. The number of ether oxygens (including phenoxy) is 1. The number of benzene rings is 2. The molecule has 0 aliphatic heterocycles. The average molecular weight is 382 g/mol. The van der Waals surface area contributed by atoms with E-state index in [0.29, 0.717) is 12.1 Å². The van der Waals surface area contributed by atoms with E-state index in [4.69, 9.17) is 4.74 Å². The predicted octanol–water partition coefficient (Wildman–Crippen LogP) is 5.07. The predicted molar refractivity (Wildman–Crippen MR) is 114 cm³/mol. The Morgan fingerprint density at radius 3 is 2.36 bits per heavy atom. The van der Waals surface area contributed by atoms with Crippen LogP contribution in [0.5, 0.6) is 0 Å². The first-order valence-electron chi connectivity index (χ1n) is 9.75. The monoisotopic (exact) mass is 381 g/mol. The number of carbonyl (C=O) groups is 1. The third kappa shape index (κ3) is 6.24. The number of rotatable bonds is 7. The molecule has 0 radical (unpaired) electrons. The fourth-order valence-corrected chi connectivity index (χ4v) is 2.86. The van der Waals surface area contributed by atoms with Crippen LogP contribution in [0.4, 0.5) is 0 Å². The molecule has 0 spiro atoms. The minimum absolute atomic E-state index is 0.319. The smallest absolute Gasteiger partial charge is 0.339 e. The zero-order valence-electron chi connectivity index (χ0n) is 17.5. The van der Waals surface area contributed by atoms with Gasteiger partial charge in [-0.15, -0.1) is 0 Å². The van der Waals surface area contributed by atoms with Crippen LogP contribution in [0.1, 0.15) is 57.0 Å². The molecule has 2 N–H and O–H groups in total. The van der Waals surface area contributed by atoms with Crippen LogP contribution in [0.2, 0.25) is 0 Å². The molecule has 2 rings (SSSR count). The number of hydrogen-bond acceptors (Lipinski definition) is 4. The first-order valence-corrected chi connectivity index (χ1v) is 9.75. The molecule has 4 nitrogen and oxygen atoms in total. The van der Waals surface area contributed by atoms with Gasteiger partial charge < -0.3 is 15.2 Å². The van der Waals surface area contributed by atoms with Gasteiger partial charge in [-0.1, -0.05) is 55.5 Å². The lowest BCUT2D eigenvalue weighted by atomic mass is 9.98. The molecule has 2 aromatic carbocycles. The Labute approximate surface area is 168 Å². The van der Waals surface area contributed by atoms with Crippen molar-refractivity contribution in [2.24, 2.45) is 0 Å². The molecule has 1 atom stereocenters. The molecule has 4 heteroatoms. The molecule has 2 aromatic rings. The molecule has 0 aromatic heterocycles. The second-order valence-corrected chi connectivity index (χ2v) is 7.84. The summed E-state index contributed by atoms with van der Waals surface area (Å²) in [6.45, 7) is 10.0. The first-order chi connectivity index (χ1) is 13.2. The van der Waals surface area contributed by atoms with E-state index in [9.17, 15) is 9.90 Å². The van der Waals surface area contributed by atoms with Crippen LogP contribution < -0.4 is 5.32 Å². The van der Waals surface area contributed by atoms with Crippen molar-refractivity contribution in [1.82, 2.24) is 5.32 Å². The highest BCUT2D eigenvalue weighted by Crippen LogP contribution is 2.26. The summed E-state index contributed by atoms with van der Waals surface area (Å²) < 4.78 is 5.54. The zero-order valence-corrected chi connectivity index (χ0v) is 17.5. The average Bonchev–Trinajstić information content (AvgIpc) is 2.64. The topological polar surface area (TPSA) is 58.6 Å². The summed E-state index contributed by atoms with van der Waals surface area (Å²) in [5, 5.41) is 13.1. The number of allylic oxidation sites excluding steroid dienone is 1.